The Labute approximate surface area is 107 Å². The van der Waals surface area contributed by atoms with Gasteiger partial charge in [0.2, 0.25) is 0 Å². The van der Waals surface area contributed by atoms with Crippen LogP contribution in [0.4, 0.5) is 13.2 Å². The van der Waals surface area contributed by atoms with Crippen LogP contribution in [0.1, 0.15) is 43.8 Å². The van der Waals surface area contributed by atoms with Crippen LogP contribution in [0.5, 0.6) is 0 Å². The molecule has 0 saturated heterocycles. The normalized spacial score (nSPS) is 14.6. The molecule has 0 fully saturated rings. The van der Waals surface area contributed by atoms with Crippen LogP contribution in [0.2, 0.25) is 0 Å². The molecular weight excluding hydrogens is 267 g/mol. The fourth-order valence-electron chi connectivity index (χ4n) is 1.35. The summed E-state index contributed by atoms with van der Waals surface area (Å²) in [6, 6.07) is 0. The number of carbonyl (C=O) groups is 1. The van der Waals surface area contributed by atoms with Crippen LogP contribution in [-0.2, 0) is 10.2 Å². The second kappa shape index (κ2) is 4.87. The van der Waals surface area contributed by atoms with Crippen LogP contribution in [-0.4, -0.2) is 22.2 Å². The predicted octanol–water partition coefficient (Wildman–Crippen LogP) is 3.56. The molecule has 1 aromatic heterocycles. The van der Waals surface area contributed by atoms with E-state index in [-0.39, 0.29) is 11.1 Å². The van der Waals surface area contributed by atoms with Crippen molar-refractivity contribution in [3.05, 3.63) is 16.1 Å². The van der Waals surface area contributed by atoms with Gasteiger partial charge >= 0.3 is 12.1 Å². The standard InChI is InChI=1S/C11H14F3NO2S/c1-10(2,3)9-15-7(5-18-9)6(4-8(16)17)11(12,13)14/h5-6H,4H2,1-3H3,(H,16,17). The molecular formula is C11H14F3NO2S. The van der Waals surface area contributed by atoms with Crippen LogP contribution < -0.4 is 0 Å². The average Bonchev–Trinajstić information content (AvgIpc) is 2.59. The smallest absolute Gasteiger partial charge is 0.397 e. The Morgan fingerprint density at radius 2 is 2.00 bits per heavy atom. The molecule has 7 heteroatoms. The van der Waals surface area contributed by atoms with Crippen LogP contribution in [0.15, 0.2) is 5.38 Å². The maximum Gasteiger partial charge on any atom is 0.397 e. The van der Waals surface area contributed by atoms with Gasteiger partial charge in [0.05, 0.1) is 17.1 Å². The van der Waals surface area contributed by atoms with Gasteiger partial charge < -0.3 is 5.11 Å². The van der Waals surface area contributed by atoms with Gasteiger partial charge in [0.25, 0.3) is 0 Å². The second-order valence-corrected chi connectivity index (χ2v) is 5.88. The zero-order valence-electron chi connectivity index (χ0n) is 10.2. The van der Waals surface area contributed by atoms with E-state index in [1.165, 1.54) is 5.38 Å². The average molecular weight is 281 g/mol. The maximum atomic E-state index is 12.8. The summed E-state index contributed by atoms with van der Waals surface area (Å²) in [5.41, 5.74) is -0.553. The van der Waals surface area contributed by atoms with Gasteiger partial charge in [0.15, 0.2) is 0 Å². The van der Waals surface area contributed by atoms with Crippen molar-refractivity contribution >= 4 is 17.3 Å². The van der Waals surface area contributed by atoms with E-state index in [9.17, 15) is 18.0 Å². The minimum absolute atomic E-state index is 0.208. The van der Waals surface area contributed by atoms with Crippen molar-refractivity contribution < 1.29 is 23.1 Å². The van der Waals surface area contributed by atoms with Gasteiger partial charge in [-0.15, -0.1) is 11.3 Å². The van der Waals surface area contributed by atoms with Crippen molar-refractivity contribution in [2.45, 2.75) is 44.7 Å². The maximum absolute atomic E-state index is 12.8. The first-order chi connectivity index (χ1) is 8.01. The molecule has 0 aliphatic heterocycles. The van der Waals surface area contributed by atoms with Gasteiger partial charge in [-0.25, -0.2) is 4.98 Å². The SMILES string of the molecule is CC(C)(C)c1nc(C(CC(=O)O)C(F)(F)F)cs1. The van der Waals surface area contributed by atoms with Crippen molar-refractivity contribution in [2.24, 2.45) is 0 Å². The topological polar surface area (TPSA) is 50.2 Å². The van der Waals surface area contributed by atoms with E-state index in [4.69, 9.17) is 5.11 Å². The Balaban J connectivity index is 3.07. The van der Waals surface area contributed by atoms with E-state index in [1.807, 2.05) is 20.8 Å². The van der Waals surface area contributed by atoms with E-state index in [1.54, 1.807) is 0 Å². The summed E-state index contributed by atoms with van der Waals surface area (Å²) in [6.07, 6.45) is -5.58. The van der Waals surface area contributed by atoms with Gasteiger partial charge in [0.1, 0.15) is 5.92 Å². The van der Waals surface area contributed by atoms with Gasteiger partial charge in [-0.2, -0.15) is 13.2 Å². The monoisotopic (exact) mass is 281 g/mol. The summed E-state index contributed by atoms with van der Waals surface area (Å²) >= 11 is 1.12. The van der Waals surface area contributed by atoms with Crippen molar-refractivity contribution in [3.63, 3.8) is 0 Å². The Morgan fingerprint density at radius 1 is 1.44 bits per heavy atom. The minimum Gasteiger partial charge on any atom is -0.481 e. The second-order valence-electron chi connectivity index (χ2n) is 5.02. The molecule has 1 rings (SSSR count). The van der Waals surface area contributed by atoms with Crippen molar-refractivity contribution in [1.29, 1.82) is 0 Å². The van der Waals surface area contributed by atoms with E-state index >= 15 is 0 Å². The quantitative estimate of drug-likeness (QED) is 0.921. The lowest BCUT2D eigenvalue weighted by Crippen LogP contribution is -2.24. The Morgan fingerprint density at radius 3 is 2.33 bits per heavy atom. The van der Waals surface area contributed by atoms with E-state index in [0.29, 0.717) is 5.01 Å². The molecule has 0 aliphatic rings. The number of nitrogens with zero attached hydrogens (tertiary/aromatic N) is 1. The molecule has 1 aromatic rings. The fourth-order valence-corrected chi connectivity index (χ4v) is 2.31. The molecule has 1 heterocycles. The zero-order valence-corrected chi connectivity index (χ0v) is 11.0. The van der Waals surface area contributed by atoms with Crippen molar-refractivity contribution in [2.75, 3.05) is 0 Å². The third-order valence-corrected chi connectivity index (χ3v) is 3.58. The van der Waals surface area contributed by atoms with Gasteiger partial charge in [0, 0.05) is 10.8 Å². The lowest BCUT2D eigenvalue weighted by atomic mass is 9.97. The molecule has 0 aliphatic carbocycles. The number of carboxylic acid groups (broad SMARTS) is 1. The number of aliphatic carboxylic acids is 1. The van der Waals surface area contributed by atoms with Crippen molar-refractivity contribution in [3.8, 4) is 0 Å². The summed E-state index contributed by atoms with van der Waals surface area (Å²) in [5.74, 6) is -3.52. The Hall–Kier alpha value is -1.11. The number of hydrogen-bond donors (Lipinski definition) is 1. The van der Waals surface area contributed by atoms with Crippen LogP contribution >= 0.6 is 11.3 Å². The number of aromatic nitrogens is 1. The number of carboxylic acids is 1. The predicted molar refractivity (Wildman–Crippen MR) is 61.9 cm³/mol. The van der Waals surface area contributed by atoms with Gasteiger partial charge in [-0.1, -0.05) is 20.8 Å². The van der Waals surface area contributed by atoms with Crippen molar-refractivity contribution in [1.82, 2.24) is 4.98 Å². The molecule has 1 N–H and O–H groups in total. The highest BCUT2D eigenvalue weighted by atomic mass is 32.1. The highest BCUT2D eigenvalue weighted by molar-refractivity contribution is 7.09. The fraction of sp³-hybridized carbons (Fsp3) is 0.636. The number of halogens is 3. The number of thiazole rings is 1. The first kappa shape index (κ1) is 14.9. The zero-order chi connectivity index (χ0) is 14.1. The molecule has 102 valence electrons. The number of rotatable bonds is 3. The summed E-state index contributed by atoms with van der Waals surface area (Å²) in [6.45, 7) is 5.53. The Bertz CT molecular complexity index is 434. The Kier molecular flexibility index (Phi) is 4.05. The minimum atomic E-state index is -4.60. The highest BCUT2D eigenvalue weighted by Crippen LogP contribution is 2.39. The summed E-state index contributed by atoms with van der Waals surface area (Å²) in [5, 5.41) is 10.4. The third-order valence-electron chi connectivity index (χ3n) is 2.29. The molecule has 0 amide bonds. The molecule has 1 unspecified atom stereocenters. The molecule has 1 atom stereocenters. The highest BCUT2D eigenvalue weighted by Gasteiger charge is 2.43. The summed E-state index contributed by atoms with van der Waals surface area (Å²) < 4.78 is 38.3. The van der Waals surface area contributed by atoms with E-state index in [2.05, 4.69) is 4.98 Å². The summed E-state index contributed by atoms with van der Waals surface area (Å²) in [4.78, 5) is 14.4. The number of hydrogen-bond acceptors (Lipinski definition) is 3. The van der Waals surface area contributed by atoms with Crippen LogP contribution in [0, 0.1) is 0 Å². The summed E-state index contributed by atoms with van der Waals surface area (Å²) in [7, 11) is 0. The first-order valence-electron chi connectivity index (χ1n) is 5.26. The third kappa shape index (κ3) is 3.69. The lowest BCUT2D eigenvalue weighted by molar-refractivity contribution is -0.163. The molecule has 0 radical (unpaired) electrons. The molecule has 0 saturated carbocycles. The molecule has 0 spiro atoms. The van der Waals surface area contributed by atoms with E-state index in [0.717, 1.165) is 11.3 Å². The number of alkyl halides is 3. The lowest BCUT2D eigenvalue weighted by Gasteiger charge is -2.17. The van der Waals surface area contributed by atoms with Gasteiger partial charge in [-0.05, 0) is 0 Å². The van der Waals surface area contributed by atoms with E-state index < -0.39 is 24.5 Å². The van der Waals surface area contributed by atoms with Gasteiger partial charge in [-0.3, -0.25) is 4.79 Å². The largest absolute Gasteiger partial charge is 0.481 e. The first-order valence-corrected chi connectivity index (χ1v) is 6.14. The molecule has 3 nitrogen and oxygen atoms in total. The van der Waals surface area contributed by atoms with Crippen LogP contribution in [0.3, 0.4) is 0 Å². The molecule has 0 bridgehead atoms. The molecule has 18 heavy (non-hydrogen) atoms. The van der Waals surface area contributed by atoms with Crippen LogP contribution in [0.25, 0.3) is 0 Å². The molecule has 0 aromatic carbocycles.